The number of amides is 1. The molecule has 166 valence electrons. The molecule has 1 N–H and O–H groups in total. The summed E-state index contributed by atoms with van der Waals surface area (Å²) >= 11 is 0. The molecule has 1 spiro atoms. The molecule has 0 saturated carbocycles. The number of fused-ring (bicyclic) bond motifs is 5. The van der Waals surface area contributed by atoms with E-state index in [-0.39, 0.29) is 35.9 Å². The van der Waals surface area contributed by atoms with Gasteiger partial charge in [-0.25, -0.2) is 4.79 Å². The third-order valence-electron chi connectivity index (χ3n) is 7.73. The summed E-state index contributed by atoms with van der Waals surface area (Å²) in [5.41, 5.74) is 1.61. The van der Waals surface area contributed by atoms with Gasteiger partial charge in [-0.15, -0.1) is 0 Å². The summed E-state index contributed by atoms with van der Waals surface area (Å²) in [5.74, 6) is 1.02. The van der Waals surface area contributed by atoms with Gasteiger partial charge >= 0.3 is 5.97 Å². The molecule has 5 rings (SSSR count). The summed E-state index contributed by atoms with van der Waals surface area (Å²) in [6, 6.07) is 3.75. The van der Waals surface area contributed by atoms with E-state index in [1.807, 2.05) is 19.1 Å². The number of methoxy groups -OCH3 is 3. The van der Waals surface area contributed by atoms with Gasteiger partial charge in [0.1, 0.15) is 0 Å². The first kappa shape index (κ1) is 20.2. The number of benzene rings is 1. The highest BCUT2D eigenvalue weighted by Crippen LogP contribution is 2.55. The number of anilines is 1. The van der Waals surface area contributed by atoms with Gasteiger partial charge in [-0.3, -0.25) is 9.69 Å². The second-order valence-electron chi connectivity index (χ2n) is 8.85. The predicted molar refractivity (Wildman–Crippen MR) is 112 cm³/mol. The molecule has 1 aromatic carbocycles. The lowest BCUT2D eigenvalue weighted by Gasteiger charge is -2.48. The maximum atomic E-state index is 13.5. The standard InChI is InChI=1S/C23H28N2O6/c1-12-14-10-25-6-5-23(20(25)7-13(14)15(11-31-12)21(26)30-4)16-8-18(28-2)19(29-3)9-17(16)24-22(23)27/h8-9,11-14,20H,5-7,10H2,1-4H3,(H,24,27)/t12-,13-,14-,20-,23-/m0/s1. The van der Waals surface area contributed by atoms with E-state index in [9.17, 15) is 9.59 Å². The minimum absolute atomic E-state index is 0.00459. The average Bonchev–Trinajstić information content (AvgIpc) is 3.29. The Labute approximate surface area is 181 Å². The predicted octanol–water partition coefficient (Wildman–Crippen LogP) is 2.08. The summed E-state index contributed by atoms with van der Waals surface area (Å²) in [7, 11) is 4.58. The lowest BCUT2D eigenvalue weighted by Crippen LogP contribution is -2.56. The second kappa shape index (κ2) is 7.15. The highest BCUT2D eigenvalue weighted by atomic mass is 16.5. The first-order chi connectivity index (χ1) is 14.9. The largest absolute Gasteiger partial charge is 0.497 e. The maximum absolute atomic E-state index is 13.5. The normalized spacial score (nSPS) is 33.5. The van der Waals surface area contributed by atoms with Crippen LogP contribution in [0.1, 0.15) is 25.3 Å². The van der Waals surface area contributed by atoms with E-state index >= 15 is 0 Å². The molecule has 0 aliphatic carbocycles. The van der Waals surface area contributed by atoms with E-state index in [0.29, 0.717) is 23.5 Å². The highest BCUT2D eigenvalue weighted by molar-refractivity contribution is 6.07. The van der Waals surface area contributed by atoms with Crippen molar-refractivity contribution in [3.63, 3.8) is 0 Å². The number of hydrogen-bond donors (Lipinski definition) is 1. The molecular weight excluding hydrogens is 400 g/mol. The molecule has 4 heterocycles. The minimum Gasteiger partial charge on any atom is -0.497 e. The molecule has 4 aliphatic rings. The zero-order valence-corrected chi connectivity index (χ0v) is 18.3. The van der Waals surface area contributed by atoms with Crippen LogP contribution in [0.4, 0.5) is 5.69 Å². The molecule has 0 aromatic heterocycles. The monoisotopic (exact) mass is 428 g/mol. The smallest absolute Gasteiger partial charge is 0.337 e. The summed E-state index contributed by atoms with van der Waals surface area (Å²) in [6.07, 6.45) is 2.98. The average molecular weight is 428 g/mol. The third-order valence-corrected chi connectivity index (χ3v) is 7.73. The summed E-state index contributed by atoms with van der Waals surface area (Å²) in [4.78, 5) is 28.3. The van der Waals surface area contributed by atoms with Crippen molar-refractivity contribution in [2.24, 2.45) is 11.8 Å². The van der Waals surface area contributed by atoms with Crippen molar-refractivity contribution >= 4 is 17.6 Å². The van der Waals surface area contributed by atoms with Gasteiger partial charge in [0, 0.05) is 36.2 Å². The minimum atomic E-state index is -0.678. The number of rotatable bonds is 3. The molecule has 2 saturated heterocycles. The van der Waals surface area contributed by atoms with E-state index < -0.39 is 5.41 Å². The van der Waals surface area contributed by atoms with Crippen molar-refractivity contribution in [1.29, 1.82) is 0 Å². The van der Waals surface area contributed by atoms with Gasteiger partial charge in [0.25, 0.3) is 0 Å². The molecule has 0 unspecified atom stereocenters. The molecule has 2 fully saturated rings. The molecule has 1 aromatic rings. The molecule has 0 bridgehead atoms. The fraction of sp³-hybridized carbons (Fsp3) is 0.565. The Morgan fingerprint density at radius 2 is 1.97 bits per heavy atom. The lowest BCUT2D eigenvalue weighted by molar-refractivity contribution is -0.139. The summed E-state index contributed by atoms with van der Waals surface area (Å²) in [5, 5.41) is 3.08. The first-order valence-electron chi connectivity index (χ1n) is 10.7. The molecule has 0 radical (unpaired) electrons. The van der Waals surface area contributed by atoms with Crippen LogP contribution in [0.2, 0.25) is 0 Å². The topological polar surface area (TPSA) is 86.3 Å². The number of nitrogens with zero attached hydrogens (tertiary/aromatic N) is 1. The molecule has 31 heavy (non-hydrogen) atoms. The number of hydrogen-bond acceptors (Lipinski definition) is 7. The Kier molecular flexibility index (Phi) is 4.66. The van der Waals surface area contributed by atoms with Crippen molar-refractivity contribution < 1.29 is 28.5 Å². The van der Waals surface area contributed by atoms with Crippen LogP contribution in [0.5, 0.6) is 11.5 Å². The molecule has 1 amide bonds. The fourth-order valence-electron chi connectivity index (χ4n) is 6.14. The quantitative estimate of drug-likeness (QED) is 0.738. The van der Waals surface area contributed by atoms with Gasteiger partial charge in [0.2, 0.25) is 5.91 Å². The van der Waals surface area contributed by atoms with Crippen molar-refractivity contribution in [2.45, 2.75) is 37.3 Å². The van der Waals surface area contributed by atoms with Crippen LogP contribution in [0.15, 0.2) is 24.0 Å². The van der Waals surface area contributed by atoms with Gasteiger partial charge < -0.3 is 24.3 Å². The number of carbonyl (C=O) groups excluding carboxylic acids is 2. The van der Waals surface area contributed by atoms with Crippen LogP contribution in [-0.4, -0.2) is 63.3 Å². The van der Waals surface area contributed by atoms with Gasteiger partial charge in [0.15, 0.2) is 11.5 Å². The van der Waals surface area contributed by atoms with E-state index in [2.05, 4.69) is 10.2 Å². The van der Waals surface area contributed by atoms with E-state index in [1.54, 1.807) is 20.5 Å². The van der Waals surface area contributed by atoms with Crippen molar-refractivity contribution in [3.8, 4) is 11.5 Å². The molecule has 8 nitrogen and oxygen atoms in total. The van der Waals surface area contributed by atoms with Crippen molar-refractivity contribution in [1.82, 2.24) is 4.90 Å². The van der Waals surface area contributed by atoms with E-state index in [4.69, 9.17) is 18.9 Å². The summed E-state index contributed by atoms with van der Waals surface area (Å²) < 4.78 is 21.8. The van der Waals surface area contributed by atoms with Crippen LogP contribution in [-0.2, 0) is 24.5 Å². The van der Waals surface area contributed by atoms with Crippen molar-refractivity contribution in [2.75, 3.05) is 39.7 Å². The SMILES string of the molecule is COC(=O)C1=CO[C@@H](C)[C@@H]2CN3CC[C@@]4(C(=O)Nc5cc(OC)c(OC)cc54)[C@@H]3C[C@H]12. The van der Waals surface area contributed by atoms with Crippen molar-refractivity contribution in [3.05, 3.63) is 29.5 Å². The highest BCUT2D eigenvalue weighted by Gasteiger charge is 2.61. The number of ether oxygens (including phenoxy) is 4. The van der Waals surface area contributed by atoms with E-state index in [1.165, 1.54) is 7.11 Å². The Morgan fingerprint density at radius 1 is 1.23 bits per heavy atom. The molecule has 5 atom stereocenters. The van der Waals surface area contributed by atoms with Crippen LogP contribution < -0.4 is 14.8 Å². The Bertz CT molecular complexity index is 975. The van der Waals surface area contributed by atoms with E-state index in [0.717, 1.165) is 30.8 Å². The van der Waals surface area contributed by atoms with Crippen LogP contribution >= 0.6 is 0 Å². The zero-order chi connectivity index (χ0) is 21.9. The number of carbonyl (C=O) groups is 2. The second-order valence-corrected chi connectivity index (χ2v) is 8.85. The number of nitrogens with one attached hydrogen (secondary N) is 1. The number of piperidine rings is 1. The zero-order valence-electron chi connectivity index (χ0n) is 18.3. The first-order valence-corrected chi connectivity index (χ1v) is 10.7. The van der Waals surface area contributed by atoms with Crippen LogP contribution in [0.25, 0.3) is 0 Å². The van der Waals surface area contributed by atoms with Gasteiger partial charge in [-0.1, -0.05) is 0 Å². The Balaban J connectivity index is 1.57. The van der Waals surface area contributed by atoms with Gasteiger partial charge in [0.05, 0.1) is 44.7 Å². The molecule has 8 heteroatoms. The Hall–Kier alpha value is -2.74. The van der Waals surface area contributed by atoms with Crippen LogP contribution in [0.3, 0.4) is 0 Å². The van der Waals surface area contributed by atoms with Crippen LogP contribution in [0, 0.1) is 11.8 Å². The maximum Gasteiger partial charge on any atom is 0.337 e. The lowest BCUT2D eigenvalue weighted by atomic mass is 9.66. The summed E-state index contributed by atoms with van der Waals surface area (Å²) in [6.45, 7) is 3.64. The third kappa shape index (κ3) is 2.70. The van der Waals surface area contributed by atoms with Gasteiger partial charge in [-0.05, 0) is 37.9 Å². The Morgan fingerprint density at radius 3 is 2.68 bits per heavy atom. The number of esters is 1. The fourth-order valence-corrected chi connectivity index (χ4v) is 6.14. The molecular formula is C23H28N2O6. The van der Waals surface area contributed by atoms with Gasteiger partial charge in [-0.2, -0.15) is 0 Å². The molecule has 4 aliphatic heterocycles.